The average Bonchev–Trinajstić information content (AvgIpc) is 3.25. The summed E-state index contributed by atoms with van der Waals surface area (Å²) in [6.07, 6.45) is 1.28. The van der Waals surface area contributed by atoms with Gasteiger partial charge in [-0.25, -0.2) is 22.3 Å². The minimum absolute atomic E-state index is 0.00939. The van der Waals surface area contributed by atoms with Crippen molar-refractivity contribution in [2.75, 3.05) is 32.1 Å². The first-order valence-electron chi connectivity index (χ1n) is 12.2. The van der Waals surface area contributed by atoms with Gasteiger partial charge in [0.2, 0.25) is 10.0 Å². The maximum Gasteiger partial charge on any atom is 0.349 e. The molecule has 0 amide bonds. The number of sulfonamides is 1. The van der Waals surface area contributed by atoms with Gasteiger partial charge in [0.25, 0.3) is 0 Å². The quantitative estimate of drug-likeness (QED) is 0.314. The molecule has 1 aliphatic heterocycles. The van der Waals surface area contributed by atoms with E-state index in [0.717, 1.165) is 27.5 Å². The molecule has 1 aromatic heterocycles. The van der Waals surface area contributed by atoms with Crippen LogP contribution in [0, 0.1) is 6.92 Å². The van der Waals surface area contributed by atoms with Crippen molar-refractivity contribution in [3.8, 4) is 16.2 Å². The Bertz CT molecular complexity index is 1460. The molecule has 0 radical (unpaired) electrons. The van der Waals surface area contributed by atoms with Crippen molar-refractivity contribution < 1.29 is 32.6 Å². The van der Waals surface area contributed by atoms with E-state index in [4.69, 9.17) is 16.3 Å². The summed E-state index contributed by atoms with van der Waals surface area (Å²) >= 11 is 7.24. The molecular weight excluding hydrogens is 564 g/mol. The van der Waals surface area contributed by atoms with Crippen molar-refractivity contribution in [1.29, 1.82) is 0 Å². The van der Waals surface area contributed by atoms with Gasteiger partial charge in [0, 0.05) is 40.3 Å². The number of carbonyl (C=O) groups excluding carboxylic acids is 1. The second-order valence-corrected chi connectivity index (χ2v) is 12.5. The first kappa shape index (κ1) is 28.9. The number of hydrogen-bond donors (Lipinski definition) is 2. The lowest BCUT2D eigenvalue weighted by Crippen LogP contribution is -2.42. The van der Waals surface area contributed by atoms with E-state index in [9.17, 15) is 23.1 Å². The van der Waals surface area contributed by atoms with Crippen LogP contribution in [0.4, 0.5) is 5.69 Å². The number of anilines is 1. The fraction of sp³-hybridized carbons (Fsp3) is 0.333. The number of carboxylic acid groups (broad SMARTS) is 1. The van der Waals surface area contributed by atoms with Gasteiger partial charge in [0.05, 0.1) is 12.9 Å². The average molecular weight is 593 g/mol. The third-order valence-corrected chi connectivity index (χ3v) is 9.99. The lowest BCUT2D eigenvalue weighted by molar-refractivity contribution is -0.142. The molecule has 1 fully saturated rings. The summed E-state index contributed by atoms with van der Waals surface area (Å²) < 4.78 is 37.5. The highest BCUT2D eigenvalue weighted by Gasteiger charge is 2.29. The Labute approximate surface area is 236 Å². The molecule has 1 aliphatic rings. The number of esters is 1. The van der Waals surface area contributed by atoms with Crippen molar-refractivity contribution in [2.24, 2.45) is 0 Å². The molecule has 2 aromatic carbocycles. The summed E-state index contributed by atoms with van der Waals surface area (Å²) in [5, 5.41) is 13.6. The third-order valence-electron chi connectivity index (χ3n) is 6.49. The van der Waals surface area contributed by atoms with Crippen molar-refractivity contribution >= 4 is 50.6 Å². The molecule has 0 unspecified atom stereocenters. The second kappa shape index (κ2) is 12.4. The van der Waals surface area contributed by atoms with Crippen LogP contribution in [0.5, 0.6) is 5.75 Å². The Morgan fingerprint density at radius 3 is 2.54 bits per heavy atom. The van der Waals surface area contributed by atoms with Gasteiger partial charge in [-0.2, -0.15) is 0 Å². The predicted octanol–water partition coefficient (Wildman–Crippen LogP) is 5.03. The Morgan fingerprint density at radius 1 is 1.15 bits per heavy atom. The zero-order valence-electron chi connectivity index (χ0n) is 21.5. The zero-order chi connectivity index (χ0) is 28.2. The predicted molar refractivity (Wildman–Crippen MR) is 151 cm³/mol. The molecule has 12 heteroatoms. The number of hydrogen-bond acceptors (Lipinski definition) is 8. The van der Waals surface area contributed by atoms with Crippen molar-refractivity contribution in [2.45, 2.75) is 31.6 Å². The van der Waals surface area contributed by atoms with Gasteiger partial charge in [0.1, 0.15) is 5.75 Å². The Balaban J connectivity index is 1.43. The van der Waals surface area contributed by atoms with Gasteiger partial charge in [-0.3, -0.25) is 0 Å². The molecule has 3 aromatic rings. The Hall–Kier alpha value is -3.12. The summed E-state index contributed by atoms with van der Waals surface area (Å²) in [7, 11) is -2.26. The molecular formula is C27H29ClN2O7S2. The van der Waals surface area contributed by atoms with Crippen molar-refractivity contribution in [3.05, 3.63) is 69.6 Å². The van der Waals surface area contributed by atoms with E-state index >= 15 is 0 Å². The van der Waals surface area contributed by atoms with Crippen LogP contribution in [-0.4, -0.2) is 62.6 Å². The van der Waals surface area contributed by atoms with Gasteiger partial charge >= 0.3 is 11.9 Å². The maximum absolute atomic E-state index is 13.0. The molecule has 4 rings (SSSR count). The SMILES string of the molecule is COC(=O)COc1c(C(=O)O)sc(-c2cccc(NC3CCN(S(=O)(=O)Cc4ccccc4Cl)CC3)c2)c1C. The molecule has 1 saturated heterocycles. The number of halogens is 1. The van der Waals surface area contributed by atoms with Gasteiger partial charge in [0.15, 0.2) is 11.5 Å². The van der Waals surface area contributed by atoms with Crippen molar-refractivity contribution in [3.63, 3.8) is 0 Å². The zero-order valence-corrected chi connectivity index (χ0v) is 23.9. The number of piperidine rings is 1. The van der Waals surface area contributed by atoms with Crippen LogP contribution in [0.2, 0.25) is 5.02 Å². The van der Waals surface area contributed by atoms with E-state index in [2.05, 4.69) is 10.1 Å². The molecule has 39 heavy (non-hydrogen) atoms. The smallest absolute Gasteiger partial charge is 0.349 e. The summed E-state index contributed by atoms with van der Waals surface area (Å²) in [6.45, 7) is 2.17. The normalized spacial score (nSPS) is 14.6. The number of rotatable bonds is 10. The van der Waals surface area contributed by atoms with E-state index in [1.165, 1.54) is 11.4 Å². The summed E-state index contributed by atoms with van der Waals surface area (Å²) in [4.78, 5) is 24.1. The number of nitrogens with one attached hydrogen (secondary N) is 1. The highest BCUT2D eigenvalue weighted by atomic mass is 35.5. The Morgan fingerprint density at radius 2 is 1.87 bits per heavy atom. The number of methoxy groups -OCH3 is 1. The van der Waals surface area contributed by atoms with Gasteiger partial charge in [-0.15, -0.1) is 11.3 Å². The van der Waals surface area contributed by atoms with Crippen molar-refractivity contribution in [1.82, 2.24) is 4.31 Å². The van der Waals surface area contributed by atoms with E-state index in [0.29, 0.717) is 42.1 Å². The number of ether oxygens (including phenoxy) is 2. The number of thiophene rings is 1. The van der Waals surface area contributed by atoms with E-state index in [1.54, 1.807) is 31.2 Å². The molecule has 0 bridgehead atoms. The fourth-order valence-corrected chi connectivity index (χ4v) is 7.41. The molecule has 0 spiro atoms. The van der Waals surface area contributed by atoms with Crippen LogP contribution in [-0.2, 0) is 25.3 Å². The van der Waals surface area contributed by atoms with Crippen LogP contribution in [0.1, 0.15) is 33.6 Å². The van der Waals surface area contributed by atoms with Gasteiger partial charge in [-0.05, 0) is 49.1 Å². The number of benzene rings is 2. The van der Waals surface area contributed by atoms with Crippen LogP contribution < -0.4 is 10.1 Å². The monoisotopic (exact) mass is 592 g/mol. The molecule has 2 heterocycles. The highest BCUT2D eigenvalue weighted by molar-refractivity contribution is 7.88. The van der Waals surface area contributed by atoms with Crippen LogP contribution >= 0.6 is 22.9 Å². The third kappa shape index (κ3) is 6.91. The largest absolute Gasteiger partial charge is 0.480 e. The molecule has 0 aliphatic carbocycles. The summed E-state index contributed by atoms with van der Waals surface area (Å²) in [5.41, 5.74) is 2.85. The number of carboxylic acids is 1. The van der Waals surface area contributed by atoms with Crippen LogP contribution in [0.25, 0.3) is 10.4 Å². The molecule has 208 valence electrons. The maximum atomic E-state index is 13.0. The number of nitrogens with zero attached hydrogens (tertiary/aromatic N) is 1. The van der Waals surface area contributed by atoms with Gasteiger partial charge < -0.3 is 19.9 Å². The minimum Gasteiger partial charge on any atom is -0.480 e. The molecule has 0 atom stereocenters. The fourth-order valence-electron chi connectivity index (χ4n) is 4.45. The van der Waals surface area contributed by atoms with Crippen LogP contribution in [0.3, 0.4) is 0 Å². The second-order valence-electron chi connectivity index (χ2n) is 9.13. The molecule has 2 N–H and O–H groups in total. The molecule has 9 nitrogen and oxygen atoms in total. The lowest BCUT2D eigenvalue weighted by atomic mass is 10.0. The highest BCUT2D eigenvalue weighted by Crippen LogP contribution is 2.42. The standard InChI is InChI=1S/C27H29ClN2O7S2/c1-17-24(37-15-23(31)36-2)26(27(32)33)38-25(17)18-7-5-8-21(14-18)29-20-10-12-30(13-11-20)39(34,35)16-19-6-3-4-9-22(19)28/h3-9,14,20,29H,10-13,15-16H2,1-2H3,(H,32,33). The summed E-state index contributed by atoms with van der Waals surface area (Å²) in [5.74, 6) is -1.72. The van der Waals surface area contributed by atoms with E-state index < -0.39 is 22.0 Å². The van der Waals surface area contributed by atoms with Gasteiger partial charge in [-0.1, -0.05) is 41.9 Å². The lowest BCUT2D eigenvalue weighted by Gasteiger charge is -2.32. The topological polar surface area (TPSA) is 122 Å². The van der Waals surface area contributed by atoms with Crippen LogP contribution in [0.15, 0.2) is 48.5 Å². The first-order chi connectivity index (χ1) is 18.6. The number of aromatic carboxylic acids is 1. The summed E-state index contributed by atoms with van der Waals surface area (Å²) in [6, 6.07) is 14.6. The first-order valence-corrected chi connectivity index (χ1v) is 15.0. The minimum atomic E-state index is -3.49. The number of carbonyl (C=O) groups is 2. The van der Waals surface area contributed by atoms with E-state index in [-0.39, 0.29) is 29.0 Å². The van der Waals surface area contributed by atoms with E-state index in [1.807, 2.05) is 24.3 Å². The Kier molecular flexibility index (Phi) is 9.16. The molecule has 0 saturated carbocycles.